The topological polar surface area (TPSA) is 58.4 Å². The maximum atomic E-state index is 11.6. The average molecular weight is 381 g/mol. The van der Waals surface area contributed by atoms with Gasteiger partial charge < -0.3 is 11.1 Å². The Kier molecular flexibility index (Phi) is 9.25. The third-order valence-electron chi connectivity index (χ3n) is 4.04. The van der Waals surface area contributed by atoms with Crippen LogP contribution >= 0.6 is 35.6 Å². The van der Waals surface area contributed by atoms with Crippen LogP contribution in [-0.4, -0.2) is 36.5 Å². The van der Waals surface area contributed by atoms with Crippen LogP contribution in [0.25, 0.3) is 0 Å². The molecule has 0 aromatic heterocycles. The largest absolute Gasteiger partial charge is 0.354 e. The average Bonchev–Trinajstić information content (AvgIpc) is 2.50. The Bertz CT molecular complexity index is 513. The molecule has 1 amide bonds. The lowest BCUT2D eigenvalue weighted by atomic mass is 10.0. The van der Waals surface area contributed by atoms with Gasteiger partial charge in [0.15, 0.2) is 0 Å². The van der Waals surface area contributed by atoms with Crippen LogP contribution in [0.5, 0.6) is 0 Å². The van der Waals surface area contributed by atoms with E-state index in [1.807, 2.05) is 12.1 Å². The fourth-order valence-electron chi connectivity index (χ4n) is 2.83. The standard InChI is InChI=1S/C16H23Cl2N3O.ClH/c17-13-4-5-15(18)12(9-13)11-21-8-2-1-3-14(21)10-20-16(22)6-7-19;/h4-5,9,14H,1-3,6-8,10-11,19H2,(H,20,22);1H. The zero-order valence-electron chi connectivity index (χ0n) is 13.1. The van der Waals surface area contributed by atoms with Crippen LogP contribution in [0, 0.1) is 0 Å². The molecular weight excluding hydrogens is 357 g/mol. The van der Waals surface area contributed by atoms with Crippen LogP contribution in [0.2, 0.25) is 10.0 Å². The van der Waals surface area contributed by atoms with Crippen molar-refractivity contribution in [2.24, 2.45) is 5.73 Å². The molecule has 0 aliphatic carbocycles. The van der Waals surface area contributed by atoms with E-state index in [0.717, 1.165) is 30.1 Å². The van der Waals surface area contributed by atoms with Gasteiger partial charge in [-0.2, -0.15) is 0 Å². The molecule has 0 bridgehead atoms. The van der Waals surface area contributed by atoms with Crippen molar-refractivity contribution >= 4 is 41.5 Å². The second kappa shape index (κ2) is 10.4. The summed E-state index contributed by atoms with van der Waals surface area (Å²) in [5.74, 6) is 0.0220. The van der Waals surface area contributed by atoms with Crippen LogP contribution in [0.4, 0.5) is 0 Å². The molecule has 23 heavy (non-hydrogen) atoms. The van der Waals surface area contributed by atoms with E-state index in [4.69, 9.17) is 28.9 Å². The number of likely N-dealkylation sites (tertiary alicyclic amines) is 1. The molecule has 0 saturated carbocycles. The second-order valence-corrected chi connectivity index (χ2v) is 6.54. The van der Waals surface area contributed by atoms with Gasteiger partial charge >= 0.3 is 0 Å². The molecular formula is C16H24Cl3N3O. The number of piperidine rings is 1. The van der Waals surface area contributed by atoms with E-state index < -0.39 is 0 Å². The number of amides is 1. The van der Waals surface area contributed by atoms with Crippen LogP contribution in [0.15, 0.2) is 18.2 Å². The molecule has 0 spiro atoms. The first-order valence-electron chi connectivity index (χ1n) is 7.75. The van der Waals surface area contributed by atoms with Crippen LogP contribution in [-0.2, 0) is 11.3 Å². The maximum Gasteiger partial charge on any atom is 0.221 e. The quantitative estimate of drug-likeness (QED) is 0.796. The van der Waals surface area contributed by atoms with Gasteiger partial charge in [0.1, 0.15) is 0 Å². The highest BCUT2D eigenvalue weighted by molar-refractivity contribution is 6.33. The first-order valence-corrected chi connectivity index (χ1v) is 8.50. The van der Waals surface area contributed by atoms with E-state index in [9.17, 15) is 4.79 Å². The lowest BCUT2D eigenvalue weighted by molar-refractivity contribution is -0.121. The van der Waals surface area contributed by atoms with Gasteiger partial charge in [-0.15, -0.1) is 12.4 Å². The Labute approximate surface area is 154 Å². The molecule has 1 aliphatic rings. The summed E-state index contributed by atoms with van der Waals surface area (Å²) in [4.78, 5) is 14.0. The molecule has 3 N–H and O–H groups in total. The maximum absolute atomic E-state index is 11.6. The normalized spacial score (nSPS) is 18.3. The summed E-state index contributed by atoms with van der Waals surface area (Å²) in [6.07, 6.45) is 3.83. The minimum Gasteiger partial charge on any atom is -0.354 e. The summed E-state index contributed by atoms with van der Waals surface area (Å²) in [6.45, 7) is 2.83. The Morgan fingerprint density at radius 1 is 1.35 bits per heavy atom. The molecule has 0 radical (unpaired) electrons. The number of hydrogen-bond donors (Lipinski definition) is 2. The fourth-order valence-corrected chi connectivity index (χ4v) is 3.21. The summed E-state index contributed by atoms with van der Waals surface area (Å²) >= 11 is 12.3. The minimum atomic E-state index is 0. The molecule has 1 aromatic carbocycles. The molecule has 1 aliphatic heterocycles. The highest BCUT2D eigenvalue weighted by Gasteiger charge is 2.23. The molecule has 1 saturated heterocycles. The Morgan fingerprint density at radius 3 is 2.87 bits per heavy atom. The lowest BCUT2D eigenvalue weighted by Gasteiger charge is -2.36. The second-order valence-electron chi connectivity index (χ2n) is 5.70. The number of benzene rings is 1. The van der Waals surface area contributed by atoms with Crippen molar-refractivity contribution in [2.75, 3.05) is 19.6 Å². The number of nitrogens with zero attached hydrogens (tertiary/aromatic N) is 1. The van der Waals surface area contributed by atoms with Gasteiger partial charge in [-0.3, -0.25) is 9.69 Å². The number of hydrogen-bond acceptors (Lipinski definition) is 3. The molecule has 1 unspecified atom stereocenters. The van der Waals surface area contributed by atoms with Crippen molar-refractivity contribution < 1.29 is 4.79 Å². The Morgan fingerprint density at radius 2 is 2.13 bits per heavy atom. The zero-order chi connectivity index (χ0) is 15.9. The van der Waals surface area contributed by atoms with E-state index in [1.165, 1.54) is 12.8 Å². The predicted molar refractivity (Wildman–Crippen MR) is 98.4 cm³/mol. The highest BCUT2D eigenvalue weighted by Crippen LogP contribution is 2.25. The third-order valence-corrected chi connectivity index (χ3v) is 4.64. The summed E-state index contributed by atoms with van der Waals surface area (Å²) in [6, 6.07) is 5.89. The molecule has 1 fully saturated rings. The highest BCUT2D eigenvalue weighted by atomic mass is 35.5. The summed E-state index contributed by atoms with van der Waals surface area (Å²) < 4.78 is 0. The third kappa shape index (κ3) is 6.48. The van der Waals surface area contributed by atoms with Gasteiger partial charge in [-0.1, -0.05) is 29.6 Å². The van der Waals surface area contributed by atoms with Gasteiger partial charge in [-0.05, 0) is 43.1 Å². The molecule has 130 valence electrons. The number of rotatable bonds is 6. The molecule has 1 aromatic rings. The van der Waals surface area contributed by atoms with E-state index in [-0.39, 0.29) is 18.3 Å². The first-order chi connectivity index (χ1) is 10.6. The van der Waals surface area contributed by atoms with E-state index in [0.29, 0.717) is 30.6 Å². The molecule has 1 atom stereocenters. The molecule has 2 rings (SSSR count). The van der Waals surface area contributed by atoms with Crippen molar-refractivity contribution in [1.29, 1.82) is 0 Å². The van der Waals surface area contributed by atoms with Crippen molar-refractivity contribution in [2.45, 2.75) is 38.3 Å². The van der Waals surface area contributed by atoms with Gasteiger partial charge in [0, 0.05) is 42.1 Å². The van der Waals surface area contributed by atoms with E-state index in [1.54, 1.807) is 6.07 Å². The van der Waals surface area contributed by atoms with Gasteiger partial charge in [0.05, 0.1) is 0 Å². The van der Waals surface area contributed by atoms with Crippen molar-refractivity contribution in [3.63, 3.8) is 0 Å². The van der Waals surface area contributed by atoms with Gasteiger partial charge in [0.25, 0.3) is 0 Å². The summed E-state index contributed by atoms with van der Waals surface area (Å²) in [5, 5.41) is 4.41. The zero-order valence-corrected chi connectivity index (χ0v) is 15.4. The Balaban J connectivity index is 0.00000264. The number of carbonyl (C=O) groups is 1. The number of halogens is 3. The summed E-state index contributed by atoms with van der Waals surface area (Å²) in [5.41, 5.74) is 6.44. The predicted octanol–water partition coefficient (Wildman–Crippen LogP) is 3.23. The smallest absolute Gasteiger partial charge is 0.221 e. The first kappa shape index (κ1) is 20.5. The lowest BCUT2D eigenvalue weighted by Crippen LogP contribution is -2.46. The van der Waals surface area contributed by atoms with Crippen molar-refractivity contribution in [3.8, 4) is 0 Å². The number of carbonyl (C=O) groups excluding carboxylic acids is 1. The molecule has 1 heterocycles. The van der Waals surface area contributed by atoms with E-state index >= 15 is 0 Å². The number of nitrogens with two attached hydrogens (primary N) is 1. The van der Waals surface area contributed by atoms with Gasteiger partial charge in [-0.25, -0.2) is 0 Å². The van der Waals surface area contributed by atoms with Crippen LogP contribution in [0.1, 0.15) is 31.2 Å². The van der Waals surface area contributed by atoms with Crippen LogP contribution < -0.4 is 11.1 Å². The SMILES string of the molecule is Cl.NCCC(=O)NCC1CCCCN1Cc1cc(Cl)ccc1Cl. The van der Waals surface area contributed by atoms with Crippen molar-refractivity contribution in [1.82, 2.24) is 10.2 Å². The number of nitrogens with one attached hydrogen (secondary N) is 1. The molecule has 7 heteroatoms. The fraction of sp³-hybridized carbons (Fsp3) is 0.562. The minimum absolute atomic E-state index is 0. The Hall–Kier alpha value is -0.520. The van der Waals surface area contributed by atoms with Crippen molar-refractivity contribution in [3.05, 3.63) is 33.8 Å². The van der Waals surface area contributed by atoms with Crippen LogP contribution in [0.3, 0.4) is 0 Å². The summed E-state index contributed by atoms with van der Waals surface area (Å²) in [7, 11) is 0. The monoisotopic (exact) mass is 379 g/mol. The van der Waals surface area contributed by atoms with E-state index in [2.05, 4.69) is 10.2 Å². The van der Waals surface area contributed by atoms with Gasteiger partial charge in [0.2, 0.25) is 5.91 Å². The molecule has 4 nitrogen and oxygen atoms in total.